The SMILES string of the molecule is CC(C)N1[C@@H]2CC[C@H]1CC(OC(=O)C(O)c1ccccc1)C2.Cl. The molecule has 5 heteroatoms. The predicted octanol–water partition coefficient (Wildman–Crippen LogP) is 3.09. The van der Waals surface area contributed by atoms with Gasteiger partial charge in [0.1, 0.15) is 6.10 Å². The number of hydrogen-bond acceptors (Lipinski definition) is 4. The summed E-state index contributed by atoms with van der Waals surface area (Å²) in [6.45, 7) is 4.47. The van der Waals surface area contributed by atoms with Crippen LogP contribution in [0.15, 0.2) is 30.3 Å². The van der Waals surface area contributed by atoms with E-state index in [-0.39, 0.29) is 18.5 Å². The molecule has 3 rings (SSSR count). The molecule has 0 spiro atoms. The van der Waals surface area contributed by atoms with Crippen LogP contribution in [0.2, 0.25) is 0 Å². The van der Waals surface area contributed by atoms with E-state index in [0.29, 0.717) is 23.7 Å². The van der Waals surface area contributed by atoms with E-state index >= 15 is 0 Å². The maximum absolute atomic E-state index is 12.2. The standard InChI is InChI=1S/C18H25NO3.ClH/c1-12(2)19-14-8-9-15(19)11-16(10-14)22-18(21)17(20)13-6-4-3-5-7-13;/h3-7,12,14-17,20H,8-11H2,1-2H3;1H/t14-,15+,16?,17?;. The molecule has 0 amide bonds. The van der Waals surface area contributed by atoms with Crippen LogP contribution in [-0.4, -0.2) is 40.2 Å². The molecule has 0 saturated carbocycles. The second-order valence-electron chi connectivity index (χ2n) is 6.77. The molecule has 2 aliphatic rings. The minimum atomic E-state index is -1.18. The lowest BCUT2D eigenvalue weighted by Crippen LogP contribution is -2.49. The second-order valence-corrected chi connectivity index (χ2v) is 6.77. The van der Waals surface area contributed by atoms with Crippen LogP contribution >= 0.6 is 12.4 Å². The van der Waals surface area contributed by atoms with Gasteiger partial charge in [0, 0.05) is 31.0 Å². The summed E-state index contributed by atoms with van der Waals surface area (Å²) in [6.07, 6.45) is 2.93. The molecule has 0 aliphatic carbocycles. The molecule has 2 saturated heterocycles. The molecule has 0 radical (unpaired) electrons. The van der Waals surface area contributed by atoms with Crippen molar-refractivity contribution in [1.82, 2.24) is 4.90 Å². The average Bonchev–Trinajstić information content (AvgIpc) is 2.79. The summed E-state index contributed by atoms with van der Waals surface area (Å²) < 4.78 is 5.60. The van der Waals surface area contributed by atoms with E-state index in [2.05, 4.69) is 18.7 Å². The van der Waals surface area contributed by atoms with Gasteiger partial charge in [-0.25, -0.2) is 4.79 Å². The molecule has 1 aromatic carbocycles. The third-order valence-electron chi connectivity index (χ3n) is 4.96. The highest BCUT2D eigenvalue weighted by atomic mass is 35.5. The number of ether oxygens (including phenoxy) is 1. The molecular formula is C18H26ClNO3. The Balaban J connectivity index is 0.00000192. The minimum absolute atomic E-state index is 0. The number of piperidine rings is 1. The predicted molar refractivity (Wildman–Crippen MR) is 91.5 cm³/mol. The van der Waals surface area contributed by atoms with Gasteiger partial charge in [0.15, 0.2) is 6.10 Å². The first-order valence-corrected chi connectivity index (χ1v) is 8.27. The Morgan fingerprint density at radius 1 is 1.17 bits per heavy atom. The van der Waals surface area contributed by atoms with Gasteiger partial charge in [-0.3, -0.25) is 4.90 Å². The number of aliphatic hydroxyl groups is 1. The van der Waals surface area contributed by atoms with Crippen molar-refractivity contribution in [2.75, 3.05) is 0 Å². The largest absolute Gasteiger partial charge is 0.460 e. The molecule has 2 heterocycles. The third-order valence-corrected chi connectivity index (χ3v) is 4.96. The van der Waals surface area contributed by atoms with Crippen molar-refractivity contribution in [3.8, 4) is 0 Å². The zero-order valence-corrected chi connectivity index (χ0v) is 14.5. The molecular weight excluding hydrogens is 314 g/mol. The van der Waals surface area contributed by atoms with Gasteiger partial charge < -0.3 is 9.84 Å². The molecule has 0 aromatic heterocycles. The molecule has 1 N–H and O–H groups in total. The summed E-state index contributed by atoms with van der Waals surface area (Å²) in [4.78, 5) is 14.7. The summed E-state index contributed by atoms with van der Waals surface area (Å²) in [5.74, 6) is -0.520. The first kappa shape index (κ1) is 18.2. The topological polar surface area (TPSA) is 49.8 Å². The number of nitrogens with zero attached hydrogens (tertiary/aromatic N) is 1. The van der Waals surface area contributed by atoms with Crippen LogP contribution in [0.3, 0.4) is 0 Å². The van der Waals surface area contributed by atoms with Crippen molar-refractivity contribution in [2.24, 2.45) is 0 Å². The number of benzene rings is 1. The monoisotopic (exact) mass is 339 g/mol. The van der Waals surface area contributed by atoms with E-state index in [1.54, 1.807) is 12.1 Å². The van der Waals surface area contributed by atoms with Gasteiger partial charge in [-0.1, -0.05) is 30.3 Å². The van der Waals surface area contributed by atoms with Crippen molar-refractivity contribution >= 4 is 18.4 Å². The fourth-order valence-electron chi connectivity index (χ4n) is 4.10. The van der Waals surface area contributed by atoms with Gasteiger partial charge in [0.2, 0.25) is 0 Å². The summed E-state index contributed by atoms with van der Waals surface area (Å²) in [6, 6.07) is 10.6. The van der Waals surface area contributed by atoms with Crippen LogP contribution < -0.4 is 0 Å². The van der Waals surface area contributed by atoms with Gasteiger partial charge in [0.25, 0.3) is 0 Å². The Hall–Kier alpha value is -1.10. The number of aliphatic hydroxyl groups excluding tert-OH is 1. The number of rotatable bonds is 4. The Morgan fingerprint density at radius 2 is 1.74 bits per heavy atom. The number of fused-ring (bicyclic) bond motifs is 2. The van der Waals surface area contributed by atoms with E-state index < -0.39 is 12.1 Å². The van der Waals surface area contributed by atoms with Crippen LogP contribution in [-0.2, 0) is 9.53 Å². The van der Waals surface area contributed by atoms with Crippen LogP contribution in [0.25, 0.3) is 0 Å². The molecule has 2 aliphatic heterocycles. The van der Waals surface area contributed by atoms with Crippen molar-refractivity contribution in [3.63, 3.8) is 0 Å². The van der Waals surface area contributed by atoms with Gasteiger partial charge in [0.05, 0.1) is 0 Å². The summed E-state index contributed by atoms with van der Waals surface area (Å²) in [7, 11) is 0. The molecule has 4 atom stereocenters. The fourth-order valence-corrected chi connectivity index (χ4v) is 4.10. The molecule has 2 unspecified atom stereocenters. The average molecular weight is 340 g/mol. The Kier molecular flexibility index (Phi) is 6.06. The van der Waals surface area contributed by atoms with Crippen LogP contribution in [0.4, 0.5) is 0 Å². The van der Waals surface area contributed by atoms with E-state index in [9.17, 15) is 9.90 Å². The third kappa shape index (κ3) is 3.87. The summed E-state index contributed by atoms with van der Waals surface area (Å²) in [5, 5.41) is 10.1. The second kappa shape index (κ2) is 7.65. The highest BCUT2D eigenvalue weighted by molar-refractivity contribution is 5.85. The lowest BCUT2D eigenvalue weighted by molar-refractivity contribution is -0.163. The lowest BCUT2D eigenvalue weighted by atomic mass is 9.98. The van der Waals surface area contributed by atoms with Crippen molar-refractivity contribution in [3.05, 3.63) is 35.9 Å². The molecule has 128 valence electrons. The number of carbonyl (C=O) groups is 1. The maximum Gasteiger partial charge on any atom is 0.339 e. The molecule has 23 heavy (non-hydrogen) atoms. The highest BCUT2D eigenvalue weighted by Crippen LogP contribution is 2.38. The molecule has 1 aromatic rings. The van der Waals surface area contributed by atoms with Crippen LogP contribution in [0.1, 0.15) is 51.2 Å². The summed E-state index contributed by atoms with van der Waals surface area (Å²) >= 11 is 0. The van der Waals surface area contributed by atoms with Gasteiger partial charge in [-0.2, -0.15) is 0 Å². The molecule has 4 nitrogen and oxygen atoms in total. The van der Waals surface area contributed by atoms with E-state index in [4.69, 9.17) is 4.74 Å². The van der Waals surface area contributed by atoms with E-state index in [0.717, 1.165) is 12.8 Å². The van der Waals surface area contributed by atoms with E-state index in [1.807, 2.05) is 18.2 Å². The van der Waals surface area contributed by atoms with E-state index in [1.165, 1.54) is 12.8 Å². The normalized spacial score (nSPS) is 28.3. The zero-order chi connectivity index (χ0) is 15.7. The fraction of sp³-hybridized carbons (Fsp3) is 0.611. The minimum Gasteiger partial charge on any atom is -0.460 e. The Labute approximate surface area is 144 Å². The van der Waals surface area contributed by atoms with Crippen molar-refractivity contribution in [1.29, 1.82) is 0 Å². The smallest absolute Gasteiger partial charge is 0.339 e. The first-order chi connectivity index (χ1) is 10.6. The summed E-state index contributed by atoms with van der Waals surface area (Å²) in [5.41, 5.74) is 0.593. The van der Waals surface area contributed by atoms with Crippen LogP contribution in [0, 0.1) is 0 Å². The molecule has 2 fully saturated rings. The molecule has 2 bridgehead atoms. The zero-order valence-electron chi connectivity index (χ0n) is 13.7. The number of esters is 1. The number of hydrogen-bond donors (Lipinski definition) is 1. The highest BCUT2D eigenvalue weighted by Gasteiger charge is 2.43. The van der Waals surface area contributed by atoms with Gasteiger partial charge >= 0.3 is 5.97 Å². The van der Waals surface area contributed by atoms with Crippen molar-refractivity contribution in [2.45, 2.75) is 69.9 Å². The van der Waals surface area contributed by atoms with Crippen LogP contribution in [0.5, 0.6) is 0 Å². The lowest BCUT2D eigenvalue weighted by Gasteiger charge is -2.41. The number of carbonyl (C=O) groups excluding carboxylic acids is 1. The first-order valence-electron chi connectivity index (χ1n) is 8.27. The Bertz CT molecular complexity index is 508. The van der Waals surface area contributed by atoms with Gasteiger partial charge in [-0.05, 0) is 32.3 Å². The quantitative estimate of drug-likeness (QED) is 0.856. The van der Waals surface area contributed by atoms with Crippen molar-refractivity contribution < 1.29 is 14.6 Å². The Morgan fingerprint density at radius 3 is 2.26 bits per heavy atom. The van der Waals surface area contributed by atoms with Gasteiger partial charge in [-0.15, -0.1) is 12.4 Å². The maximum atomic E-state index is 12.2. The number of halogens is 1.